The van der Waals surface area contributed by atoms with Crippen molar-refractivity contribution in [3.8, 4) is 5.75 Å². The summed E-state index contributed by atoms with van der Waals surface area (Å²) < 4.78 is 19.7. The van der Waals surface area contributed by atoms with Crippen LogP contribution in [0.25, 0.3) is 10.9 Å². The van der Waals surface area contributed by atoms with Crippen molar-refractivity contribution >= 4 is 70.8 Å². The van der Waals surface area contributed by atoms with Gasteiger partial charge in [0.2, 0.25) is 5.91 Å². The number of fused-ring (bicyclic) bond motifs is 2. The van der Waals surface area contributed by atoms with Crippen molar-refractivity contribution in [2.45, 2.75) is 36.7 Å². The van der Waals surface area contributed by atoms with Crippen LogP contribution < -0.4 is 15.4 Å². The molecule has 5 rings (SSSR count). The summed E-state index contributed by atoms with van der Waals surface area (Å²) in [6.07, 6.45) is 4.38. The van der Waals surface area contributed by atoms with Crippen LogP contribution in [0.5, 0.6) is 5.75 Å². The number of benzene rings is 1. The molecule has 0 spiro atoms. The van der Waals surface area contributed by atoms with Crippen LogP contribution in [-0.4, -0.2) is 59.3 Å². The molecule has 2 aromatic heterocycles. The lowest BCUT2D eigenvalue weighted by Crippen LogP contribution is -2.43. The molecule has 0 saturated carbocycles. The van der Waals surface area contributed by atoms with E-state index in [1.54, 1.807) is 12.3 Å². The second kappa shape index (κ2) is 13.3. The van der Waals surface area contributed by atoms with Gasteiger partial charge >= 0.3 is 0 Å². The summed E-state index contributed by atoms with van der Waals surface area (Å²) in [5.74, 6) is 0.895. The molecular weight excluding hydrogens is 560 g/mol. The molecule has 1 amide bonds. The maximum absolute atomic E-state index is 14.3. The number of methoxy groups -OCH3 is 1. The van der Waals surface area contributed by atoms with Gasteiger partial charge < -0.3 is 20.3 Å². The second-order valence-corrected chi connectivity index (χ2v) is 10.2. The zero-order chi connectivity index (χ0) is 24.4. The van der Waals surface area contributed by atoms with Crippen molar-refractivity contribution in [1.82, 2.24) is 20.2 Å². The summed E-state index contributed by atoms with van der Waals surface area (Å²) in [5.41, 5.74) is 2.48. The number of halogens is 4. The Morgan fingerprint density at radius 2 is 2.03 bits per heavy atom. The van der Waals surface area contributed by atoms with Crippen LogP contribution in [0.2, 0.25) is 5.02 Å². The number of thioether (sulfide) groups is 1. The van der Waals surface area contributed by atoms with Gasteiger partial charge in [-0.2, -0.15) is 0 Å². The molecule has 7 nitrogen and oxygen atoms in total. The third-order valence-electron chi connectivity index (χ3n) is 6.57. The van der Waals surface area contributed by atoms with Gasteiger partial charge in [0.15, 0.2) is 11.6 Å². The number of likely N-dealkylation sites (tertiary alicyclic amines) is 1. The molecule has 0 aliphatic carbocycles. The summed E-state index contributed by atoms with van der Waals surface area (Å²) in [7, 11) is 1.47. The fourth-order valence-electron chi connectivity index (χ4n) is 4.70. The number of amides is 1. The molecule has 200 valence electrons. The van der Waals surface area contributed by atoms with E-state index in [-0.39, 0.29) is 36.5 Å². The Morgan fingerprint density at radius 3 is 2.78 bits per heavy atom. The van der Waals surface area contributed by atoms with Gasteiger partial charge in [-0.1, -0.05) is 11.6 Å². The van der Waals surface area contributed by atoms with E-state index in [9.17, 15) is 9.18 Å². The van der Waals surface area contributed by atoms with E-state index in [2.05, 4.69) is 25.5 Å². The maximum Gasteiger partial charge on any atom is 0.235 e. The van der Waals surface area contributed by atoms with Gasteiger partial charge in [-0.15, -0.1) is 36.6 Å². The Morgan fingerprint density at radius 1 is 1.24 bits per heavy atom. The van der Waals surface area contributed by atoms with E-state index in [1.165, 1.54) is 24.9 Å². The third-order valence-corrected chi connectivity index (χ3v) is 7.94. The topological polar surface area (TPSA) is 79.4 Å². The SMILES string of the molecule is COc1c(F)ccc2ncc(Cl)c(CCN3CCC(NCc4ccc5c(n4)NC(=O)CS5)CC3)c12.Cl.Cl. The summed E-state index contributed by atoms with van der Waals surface area (Å²) in [4.78, 5) is 24.0. The van der Waals surface area contributed by atoms with Crippen molar-refractivity contribution in [2.24, 2.45) is 0 Å². The highest BCUT2D eigenvalue weighted by Gasteiger charge is 2.22. The molecule has 1 saturated heterocycles. The predicted molar refractivity (Wildman–Crippen MR) is 151 cm³/mol. The van der Waals surface area contributed by atoms with E-state index < -0.39 is 5.82 Å². The molecule has 0 bridgehead atoms. The number of carbonyl (C=O) groups is 1. The number of hydrogen-bond acceptors (Lipinski definition) is 7. The molecular formula is C25H29Cl3FN5O2S. The Balaban J connectivity index is 0.00000190. The Bertz CT molecular complexity index is 1260. The third kappa shape index (κ3) is 6.77. The second-order valence-electron chi connectivity index (χ2n) is 8.79. The zero-order valence-electron chi connectivity index (χ0n) is 20.3. The molecule has 2 aliphatic rings. The van der Waals surface area contributed by atoms with Crippen LogP contribution in [0.15, 0.2) is 35.4 Å². The normalized spacial score (nSPS) is 15.9. The minimum Gasteiger partial charge on any atom is -0.493 e. The smallest absolute Gasteiger partial charge is 0.235 e. The first-order chi connectivity index (χ1) is 17.0. The van der Waals surface area contributed by atoms with Crippen LogP contribution in [0.1, 0.15) is 24.1 Å². The van der Waals surface area contributed by atoms with Crippen molar-refractivity contribution in [3.63, 3.8) is 0 Å². The number of carbonyl (C=O) groups excluding carboxylic acids is 1. The molecule has 2 aliphatic heterocycles. The Kier molecular flexibility index (Phi) is 10.6. The highest BCUT2D eigenvalue weighted by molar-refractivity contribution is 8.00. The molecule has 3 aromatic rings. The summed E-state index contributed by atoms with van der Waals surface area (Å²) in [6.45, 7) is 3.43. The van der Waals surface area contributed by atoms with Crippen molar-refractivity contribution in [1.29, 1.82) is 0 Å². The average Bonchev–Trinajstić information content (AvgIpc) is 2.87. The van der Waals surface area contributed by atoms with Gasteiger partial charge in [0.05, 0.1) is 39.4 Å². The molecule has 4 heterocycles. The van der Waals surface area contributed by atoms with Crippen molar-refractivity contribution in [3.05, 3.63) is 52.6 Å². The first-order valence-corrected chi connectivity index (χ1v) is 13.1. The first kappa shape index (κ1) is 29.7. The van der Waals surface area contributed by atoms with Crippen LogP contribution in [0.3, 0.4) is 0 Å². The predicted octanol–water partition coefficient (Wildman–Crippen LogP) is 5.12. The number of piperidine rings is 1. The number of hydrogen-bond donors (Lipinski definition) is 2. The van der Waals surface area contributed by atoms with E-state index in [0.29, 0.717) is 46.5 Å². The van der Waals surface area contributed by atoms with Gasteiger partial charge in [-0.05, 0) is 62.2 Å². The van der Waals surface area contributed by atoms with Gasteiger partial charge in [-0.3, -0.25) is 9.78 Å². The summed E-state index contributed by atoms with van der Waals surface area (Å²) in [5, 5.41) is 7.65. The number of anilines is 1. The lowest BCUT2D eigenvalue weighted by molar-refractivity contribution is -0.113. The minimum absolute atomic E-state index is 0. The standard InChI is InChI=1S/C25H27ClFN5O2S.2ClH/c1-34-24-19(27)3-4-20-23(24)17(18(26)13-29-20)8-11-32-9-6-15(7-10-32)28-12-16-2-5-21-25(30-16)31-22(33)14-35-21;;/h2-5,13,15,28H,6-12,14H2,1H3,(H,30,31,33);2*1H. The number of nitrogens with one attached hydrogen (secondary N) is 2. The molecule has 2 N–H and O–H groups in total. The fourth-order valence-corrected chi connectivity index (χ4v) is 5.69. The lowest BCUT2D eigenvalue weighted by atomic mass is 10.0. The number of nitrogens with zero attached hydrogens (tertiary/aromatic N) is 3. The van der Waals surface area contributed by atoms with Gasteiger partial charge in [0.25, 0.3) is 0 Å². The maximum atomic E-state index is 14.3. The van der Waals surface area contributed by atoms with E-state index >= 15 is 0 Å². The average molecular weight is 589 g/mol. The molecule has 12 heteroatoms. The van der Waals surface area contributed by atoms with Crippen molar-refractivity contribution in [2.75, 3.05) is 37.8 Å². The van der Waals surface area contributed by atoms with E-state index in [1.807, 2.05) is 12.1 Å². The molecule has 1 aromatic carbocycles. The van der Waals surface area contributed by atoms with Gasteiger partial charge in [0, 0.05) is 25.3 Å². The van der Waals surface area contributed by atoms with Crippen molar-refractivity contribution < 1.29 is 13.9 Å². The summed E-state index contributed by atoms with van der Waals surface area (Å²) >= 11 is 8.00. The zero-order valence-corrected chi connectivity index (χ0v) is 23.5. The molecule has 37 heavy (non-hydrogen) atoms. The highest BCUT2D eigenvalue weighted by Crippen LogP contribution is 2.34. The van der Waals surface area contributed by atoms with Gasteiger partial charge in [0.1, 0.15) is 5.82 Å². The molecule has 0 radical (unpaired) electrons. The molecule has 1 fully saturated rings. The van der Waals surface area contributed by atoms with Crippen LogP contribution in [-0.2, 0) is 17.8 Å². The molecule has 0 atom stereocenters. The Hall–Kier alpha value is -1.88. The number of pyridine rings is 2. The van der Waals surface area contributed by atoms with Crippen LogP contribution in [0.4, 0.5) is 10.2 Å². The molecule has 0 unspecified atom stereocenters. The monoisotopic (exact) mass is 587 g/mol. The lowest BCUT2D eigenvalue weighted by Gasteiger charge is -2.32. The van der Waals surface area contributed by atoms with Crippen LogP contribution >= 0.6 is 48.2 Å². The minimum atomic E-state index is -0.410. The summed E-state index contributed by atoms with van der Waals surface area (Å²) in [6, 6.07) is 7.49. The Labute approximate surface area is 237 Å². The number of ether oxygens (including phenoxy) is 1. The van der Waals surface area contributed by atoms with E-state index in [4.69, 9.17) is 16.3 Å². The van der Waals surface area contributed by atoms with Crippen LogP contribution in [0, 0.1) is 5.82 Å². The quantitative estimate of drug-likeness (QED) is 0.397. The number of aromatic nitrogens is 2. The highest BCUT2D eigenvalue weighted by atomic mass is 35.5. The fraction of sp³-hybridized carbons (Fsp3) is 0.400. The largest absolute Gasteiger partial charge is 0.493 e. The van der Waals surface area contributed by atoms with E-state index in [0.717, 1.165) is 48.6 Å². The first-order valence-electron chi connectivity index (χ1n) is 11.7. The van der Waals surface area contributed by atoms with Gasteiger partial charge in [-0.25, -0.2) is 9.37 Å². The number of rotatable bonds is 7.